The number of fused-ring (bicyclic) bond motifs is 2. The van der Waals surface area contributed by atoms with Gasteiger partial charge in [0.2, 0.25) is 0 Å². The molecule has 0 unspecified atom stereocenters. The molecule has 134 valence electrons. The van der Waals surface area contributed by atoms with Crippen LogP contribution in [0.2, 0.25) is 0 Å². The molecule has 4 aromatic rings. The minimum atomic E-state index is -1.08. The van der Waals surface area contributed by atoms with Crippen molar-refractivity contribution in [3.63, 3.8) is 0 Å². The van der Waals surface area contributed by atoms with Gasteiger partial charge in [0.05, 0.1) is 11.1 Å². The number of hydrogen-bond acceptors (Lipinski definition) is 2. The van der Waals surface area contributed by atoms with Crippen LogP contribution in [0.5, 0.6) is 0 Å². The molecule has 28 heavy (non-hydrogen) atoms. The first kappa shape index (κ1) is 17.3. The summed E-state index contributed by atoms with van der Waals surface area (Å²) in [5, 5.41) is 21.9. The van der Waals surface area contributed by atoms with Crippen LogP contribution in [0.4, 0.5) is 0 Å². The average molecular weight is 366 g/mol. The van der Waals surface area contributed by atoms with Crippen molar-refractivity contribution in [2.75, 3.05) is 0 Å². The van der Waals surface area contributed by atoms with Crippen LogP contribution in [-0.4, -0.2) is 22.2 Å². The molecule has 2 N–H and O–H groups in total. The number of carboxylic acid groups (broad SMARTS) is 2. The molecule has 4 rings (SSSR count). The van der Waals surface area contributed by atoms with Crippen molar-refractivity contribution in [3.05, 3.63) is 95.1 Å². The molecular weight excluding hydrogens is 352 g/mol. The van der Waals surface area contributed by atoms with Gasteiger partial charge >= 0.3 is 11.9 Å². The number of hydrogen-bond donors (Lipinski definition) is 2. The zero-order chi connectivity index (χ0) is 19.7. The number of benzene rings is 4. The third-order valence-electron chi connectivity index (χ3n) is 4.53. The Morgan fingerprint density at radius 2 is 1.36 bits per heavy atom. The van der Waals surface area contributed by atoms with Gasteiger partial charge in [-0.2, -0.15) is 0 Å². The molecule has 0 saturated carbocycles. The van der Waals surface area contributed by atoms with Crippen molar-refractivity contribution in [2.24, 2.45) is 0 Å². The molecule has 0 atom stereocenters. The molecule has 0 radical (unpaired) electrons. The molecule has 0 bridgehead atoms. The summed E-state index contributed by atoms with van der Waals surface area (Å²) in [5.74, 6) is 3.92. The zero-order valence-electron chi connectivity index (χ0n) is 14.6. The molecule has 0 spiro atoms. The van der Waals surface area contributed by atoms with Gasteiger partial charge in [-0.3, -0.25) is 0 Å². The summed E-state index contributed by atoms with van der Waals surface area (Å²) in [4.78, 5) is 22.9. The monoisotopic (exact) mass is 366 g/mol. The van der Waals surface area contributed by atoms with Gasteiger partial charge in [0.1, 0.15) is 0 Å². The van der Waals surface area contributed by atoms with E-state index >= 15 is 0 Å². The fraction of sp³-hybridized carbons (Fsp3) is 0. The minimum Gasteiger partial charge on any atom is -0.478 e. The quantitative estimate of drug-likeness (QED) is 0.500. The number of aromatic carboxylic acids is 2. The lowest BCUT2D eigenvalue weighted by atomic mass is 9.98. The zero-order valence-corrected chi connectivity index (χ0v) is 14.6. The normalized spacial score (nSPS) is 10.4. The van der Waals surface area contributed by atoms with Crippen LogP contribution >= 0.6 is 0 Å². The van der Waals surface area contributed by atoms with Crippen LogP contribution in [0.25, 0.3) is 21.5 Å². The second kappa shape index (κ2) is 6.90. The molecule has 0 heterocycles. The van der Waals surface area contributed by atoms with Crippen LogP contribution in [0.15, 0.2) is 72.8 Å². The van der Waals surface area contributed by atoms with Gasteiger partial charge in [-0.1, -0.05) is 48.2 Å². The Balaban J connectivity index is 1.82. The van der Waals surface area contributed by atoms with Crippen LogP contribution in [0.3, 0.4) is 0 Å². The summed E-state index contributed by atoms with van der Waals surface area (Å²) in [6.07, 6.45) is 0. The Kier molecular flexibility index (Phi) is 4.27. The molecule has 0 aliphatic rings. The summed E-state index contributed by atoms with van der Waals surface area (Å²) in [7, 11) is 0. The maximum atomic E-state index is 11.6. The highest BCUT2D eigenvalue weighted by molar-refractivity contribution is 6.06. The first-order valence-corrected chi connectivity index (χ1v) is 8.56. The number of carboxylic acids is 2. The van der Waals surface area contributed by atoms with Crippen molar-refractivity contribution in [1.29, 1.82) is 0 Å². The molecular formula is C24H14O4. The molecule has 0 amide bonds. The van der Waals surface area contributed by atoms with Crippen molar-refractivity contribution in [3.8, 4) is 11.8 Å². The fourth-order valence-electron chi connectivity index (χ4n) is 3.16. The van der Waals surface area contributed by atoms with E-state index in [2.05, 4.69) is 11.8 Å². The van der Waals surface area contributed by atoms with Gasteiger partial charge < -0.3 is 10.2 Å². The van der Waals surface area contributed by atoms with Gasteiger partial charge in [-0.15, -0.1) is 0 Å². The lowest BCUT2D eigenvalue weighted by Crippen LogP contribution is -2.01. The van der Waals surface area contributed by atoms with E-state index in [-0.39, 0.29) is 11.1 Å². The molecule has 0 aliphatic heterocycles. The Morgan fingerprint density at radius 1 is 0.643 bits per heavy atom. The molecule has 4 heteroatoms. The van der Waals surface area contributed by atoms with Crippen molar-refractivity contribution >= 4 is 33.5 Å². The average Bonchev–Trinajstić information content (AvgIpc) is 2.70. The highest BCUT2D eigenvalue weighted by atomic mass is 16.4. The fourth-order valence-corrected chi connectivity index (χ4v) is 3.16. The largest absolute Gasteiger partial charge is 0.478 e. The maximum absolute atomic E-state index is 11.6. The topological polar surface area (TPSA) is 74.6 Å². The van der Waals surface area contributed by atoms with Crippen molar-refractivity contribution < 1.29 is 19.8 Å². The van der Waals surface area contributed by atoms with Gasteiger partial charge in [0, 0.05) is 11.1 Å². The van der Waals surface area contributed by atoms with Crippen LogP contribution in [-0.2, 0) is 0 Å². The van der Waals surface area contributed by atoms with E-state index < -0.39 is 11.9 Å². The Bertz CT molecular complexity index is 1320. The van der Waals surface area contributed by atoms with Crippen LogP contribution in [0, 0.1) is 11.8 Å². The van der Waals surface area contributed by atoms with Crippen LogP contribution in [0.1, 0.15) is 31.8 Å². The molecule has 0 aliphatic carbocycles. The minimum absolute atomic E-state index is 0.0947. The highest BCUT2D eigenvalue weighted by Gasteiger charge is 2.12. The van der Waals surface area contributed by atoms with E-state index in [0.29, 0.717) is 16.3 Å². The van der Waals surface area contributed by atoms with E-state index in [1.54, 1.807) is 6.07 Å². The SMILES string of the molecule is O=C(O)c1ccc2c(C(=O)O)cc(C#Cc3ccc4ccccc4c3)cc2c1. The van der Waals surface area contributed by atoms with E-state index in [4.69, 9.17) is 0 Å². The Morgan fingerprint density at radius 3 is 2.11 bits per heavy atom. The van der Waals surface area contributed by atoms with Crippen LogP contribution < -0.4 is 0 Å². The van der Waals surface area contributed by atoms with E-state index in [0.717, 1.165) is 16.3 Å². The van der Waals surface area contributed by atoms with Crippen molar-refractivity contribution in [1.82, 2.24) is 0 Å². The lowest BCUT2D eigenvalue weighted by Gasteiger charge is -2.05. The Labute approximate surface area is 160 Å². The maximum Gasteiger partial charge on any atom is 0.336 e. The van der Waals surface area contributed by atoms with E-state index in [9.17, 15) is 19.8 Å². The van der Waals surface area contributed by atoms with Gasteiger partial charge in [0.25, 0.3) is 0 Å². The summed E-state index contributed by atoms with van der Waals surface area (Å²) in [6, 6.07) is 21.4. The molecule has 4 nitrogen and oxygen atoms in total. The highest BCUT2D eigenvalue weighted by Crippen LogP contribution is 2.23. The van der Waals surface area contributed by atoms with Gasteiger partial charge in [-0.25, -0.2) is 9.59 Å². The van der Waals surface area contributed by atoms with Gasteiger partial charge in [0.15, 0.2) is 0 Å². The summed E-state index contributed by atoms with van der Waals surface area (Å²) in [5.41, 5.74) is 1.52. The lowest BCUT2D eigenvalue weighted by molar-refractivity contribution is 0.0688. The second-order valence-electron chi connectivity index (χ2n) is 6.38. The third kappa shape index (κ3) is 3.29. The van der Waals surface area contributed by atoms with E-state index in [1.807, 2.05) is 42.5 Å². The first-order valence-electron chi connectivity index (χ1n) is 8.56. The van der Waals surface area contributed by atoms with Gasteiger partial charge in [-0.05, 0) is 57.9 Å². The molecule has 4 aromatic carbocycles. The second-order valence-corrected chi connectivity index (χ2v) is 6.38. The number of rotatable bonds is 2. The molecule has 0 fully saturated rings. The Hall–Kier alpha value is -4.10. The van der Waals surface area contributed by atoms with E-state index in [1.165, 1.54) is 24.3 Å². The predicted octanol–water partition coefficient (Wildman–Crippen LogP) is 4.79. The molecule has 0 saturated heterocycles. The third-order valence-corrected chi connectivity index (χ3v) is 4.53. The summed E-state index contributed by atoms with van der Waals surface area (Å²) in [6.45, 7) is 0. The number of carbonyl (C=O) groups is 2. The smallest absolute Gasteiger partial charge is 0.336 e. The summed E-state index contributed by atoms with van der Waals surface area (Å²) < 4.78 is 0. The predicted molar refractivity (Wildman–Crippen MR) is 108 cm³/mol. The molecule has 0 aromatic heterocycles. The first-order chi connectivity index (χ1) is 13.5. The summed E-state index contributed by atoms with van der Waals surface area (Å²) >= 11 is 0. The van der Waals surface area contributed by atoms with Crippen molar-refractivity contribution in [2.45, 2.75) is 0 Å². The standard InChI is InChI=1S/C24H14O4/c25-23(26)19-9-10-21-20(14-19)12-16(13-22(21)24(27)28)6-5-15-7-8-17-3-1-2-4-18(17)11-15/h1-4,7-14H,(H,25,26)(H,27,28).